The summed E-state index contributed by atoms with van der Waals surface area (Å²) in [5, 5.41) is 3.81. The van der Waals surface area contributed by atoms with Crippen LogP contribution >= 0.6 is 11.6 Å². The number of halogens is 1. The van der Waals surface area contributed by atoms with Crippen molar-refractivity contribution in [3.05, 3.63) is 81.4 Å². The summed E-state index contributed by atoms with van der Waals surface area (Å²) in [5.41, 5.74) is 2.98. The van der Waals surface area contributed by atoms with Crippen LogP contribution in [0.2, 0.25) is 5.15 Å². The summed E-state index contributed by atoms with van der Waals surface area (Å²) in [6, 6.07) is 13.7. The number of pyridine rings is 1. The Hall–Kier alpha value is -2.99. The maximum Gasteiger partial charge on any atom is 0.271 e. The summed E-state index contributed by atoms with van der Waals surface area (Å²) in [5.74, 6) is -0.383. The molecule has 1 N–H and O–H groups in total. The average molecular weight is 327 g/mol. The van der Waals surface area contributed by atoms with Gasteiger partial charge in [-0.3, -0.25) is 14.0 Å². The lowest BCUT2D eigenvalue weighted by Crippen LogP contribution is -2.22. The molecule has 0 aliphatic rings. The number of carbonyl (C=O) groups excluding carboxylic acids is 1. The second kappa shape index (κ2) is 6.41. The van der Waals surface area contributed by atoms with Crippen molar-refractivity contribution in [1.82, 2.24) is 14.8 Å². The fourth-order valence-corrected chi connectivity index (χ4v) is 2.21. The van der Waals surface area contributed by atoms with E-state index in [0.717, 1.165) is 0 Å². The molecule has 0 aliphatic carbocycles. The van der Waals surface area contributed by atoms with Gasteiger partial charge in [-0.15, -0.1) is 0 Å². The molecule has 0 saturated heterocycles. The standard InChI is InChI=1S/C16H11ClN4O2/c17-14-12(16(23)21-9-5-4-8-13(21)19-14)10-18-20-15(22)11-6-2-1-3-7-11/h1-10H,(H,20,22)/b18-10-. The smallest absolute Gasteiger partial charge is 0.268 e. The van der Waals surface area contributed by atoms with Gasteiger partial charge in [0.05, 0.1) is 11.8 Å². The van der Waals surface area contributed by atoms with Gasteiger partial charge in [0.15, 0.2) is 0 Å². The quantitative estimate of drug-likeness (QED) is 0.455. The van der Waals surface area contributed by atoms with E-state index in [0.29, 0.717) is 11.2 Å². The number of hydrogen-bond donors (Lipinski definition) is 1. The van der Waals surface area contributed by atoms with Crippen LogP contribution in [0, 0.1) is 0 Å². The molecule has 114 valence electrons. The van der Waals surface area contributed by atoms with E-state index >= 15 is 0 Å². The van der Waals surface area contributed by atoms with Crippen LogP contribution in [0.5, 0.6) is 0 Å². The van der Waals surface area contributed by atoms with Crippen LogP contribution in [0.1, 0.15) is 15.9 Å². The van der Waals surface area contributed by atoms with E-state index in [1.165, 1.54) is 10.6 Å². The summed E-state index contributed by atoms with van der Waals surface area (Å²) in [6.07, 6.45) is 2.78. The topological polar surface area (TPSA) is 75.8 Å². The largest absolute Gasteiger partial charge is 0.271 e. The molecule has 3 rings (SSSR count). The predicted octanol–water partition coefficient (Wildman–Crippen LogP) is 2.11. The van der Waals surface area contributed by atoms with Crippen LogP contribution in [-0.4, -0.2) is 21.5 Å². The highest BCUT2D eigenvalue weighted by atomic mass is 35.5. The summed E-state index contributed by atoms with van der Waals surface area (Å²) in [4.78, 5) is 28.3. The molecular formula is C16H11ClN4O2. The molecule has 0 spiro atoms. The molecule has 0 radical (unpaired) electrons. The first-order valence-electron chi connectivity index (χ1n) is 6.72. The highest BCUT2D eigenvalue weighted by Crippen LogP contribution is 2.08. The molecule has 0 unspecified atom stereocenters. The number of rotatable bonds is 3. The van der Waals surface area contributed by atoms with E-state index in [9.17, 15) is 9.59 Å². The highest BCUT2D eigenvalue weighted by Gasteiger charge is 2.09. The third-order valence-corrected chi connectivity index (χ3v) is 3.41. The Kier molecular flexibility index (Phi) is 4.16. The first-order chi connectivity index (χ1) is 11.2. The third-order valence-electron chi connectivity index (χ3n) is 3.12. The molecular weight excluding hydrogens is 316 g/mol. The first kappa shape index (κ1) is 14.9. The Morgan fingerprint density at radius 2 is 1.91 bits per heavy atom. The molecule has 6 nitrogen and oxygen atoms in total. The molecule has 1 amide bonds. The average Bonchev–Trinajstić information content (AvgIpc) is 2.58. The maximum absolute atomic E-state index is 12.3. The molecule has 0 atom stereocenters. The SMILES string of the molecule is O=C(N/N=C\c1c(Cl)nc2ccccn2c1=O)c1ccccc1. The lowest BCUT2D eigenvalue weighted by Gasteiger charge is -2.03. The van der Waals surface area contributed by atoms with Crippen LogP contribution in [-0.2, 0) is 0 Å². The number of benzene rings is 1. The molecule has 7 heteroatoms. The first-order valence-corrected chi connectivity index (χ1v) is 7.10. The predicted molar refractivity (Wildman–Crippen MR) is 88.0 cm³/mol. The number of fused-ring (bicyclic) bond motifs is 1. The van der Waals surface area contributed by atoms with Crippen LogP contribution in [0.15, 0.2) is 64.6 Å². The summed E-state index contributed by atoms with van der Waals surface area (Å²) in [6.45, 7) is 0. The van der Waals surface area contributed by atoms with Gasteiger partial charge >= 0.3 is 0 Å². The van der Waals surface area contributed by atoms with Gasteiger partial charge in [-0.05, 0) is 24.3 Å². The van der Waals surface area contributed by atoms with Crippen molar-refractivity contribution in [2.45, 2.75) is 0 Å². The molecule has 0 saturated carbocycles. The Labute approximate surface area is 136 Å². The Morgan fingerprint density at radius 3 is 2.70 bits per heavy atom. The van der Waals surface area contributed by atoms with E-state index in [4.69, 9.17) is 11.6 Å². The monoisotopic (exact) mass is 326 g/mol. The molecule has 2 aromatic heterocycles. The van der Waals surface area contributed by atoms with Gasteiger partial charge in [-0.1, -0.05) is 35.9 Å². The van der Waals surface area contributed by atoms with E-state index < -0.39 is 0 Å². The van der Waals surface area contributed by atoms with Gasteiger partial charge < -0.3 is 0 Å². The zero-order valence-electron chi connectivity index (χ0n) is 11.8. The second-order valence-electron chi connectivity index (χ2n) is 4.62. The van der Waals surface area contributed by atoms with Gasteiger partial charge in [0.25, 0.3) is 11.5 Å². The molecule has 0 aliphatic heterocycles. The van der Waals surface area contributed by atoms with Crippen LogP contribution in [0.3, 0.4) is 0 Å². The van der Waals surface area contributed by atoms with Gasteiger partial charge in [-0.25, -0.2) is 10.4 Å². The summed E-state index contributed by atoms with van der Waals surface area (Å²) < 4.78 is 1.35. The van der Waals surface area contributed by atoms with E-state index in [1.54, 1.807) is 48.7 Å². The molecule has 1 aromatic carbocycles. The van der Waals surface area contributed by atoms with Gasteiger partial charge in [0.2, 0.25) is 0 Å². The Morgan fingerprint density at radius 1 is 1.17 bits per heavy atom. The molecule has 0 fully saturated rings. The maximum atomic E-state index is 12.3. The van der Waals surface area contributed by atoms with Crippen molar-refractivity contribution in [2.24, 2.45) is 5.10 Å². The van der Waals surface area contributed by atoms with Crippen molar-refractivity contribution in [3.63, 3.8) is 0 Å². The highest BCUT2D eigenvalue weighted by molar-refractivity contribution is 6.32. The molecule has 2 heterocycles. The number of amides is 1. The van der Waals surface area contributed by atoms with Crippen molar-refractivity contribution < 1.29 is 4.79 Å². The normalized spacial score (nSPS) is 11.0. The zero-order chi connectivity index (χ0) is 16.2. The van der Waals surface area contributed by atoms with E-state index in [1.807, 2.05) is 6.07 Å². The molecule has 3 aromatic rings. The molecule has 23 heavy (non-hydrogen) atoms. The lowest BCUT2D eigenvalue weighted by molar-refractivity contribution is 0.0955. The minimum Gasteiger partial charge on any atom is -0.268 e. The number of nitrogens with one attached hydrogen (secondary N) is 1. The van der Waals surface area contributed by atoms with Crippen LogP contribution < -0.4 is 11.0 Å². The summed E-state index contributed by atoms with van der Waals surface area (Å²) in [7, 11) is 0. The minimum absolute atomic E-state index is 0.0268. The lowest BCUT2D eigenvalue weighted by atomic mass is 10.2. The van der Waals surface area contributed by atoms with Gasteiger partial charge in [0.1, 0.15) is 10.8 Å². The Bertz CT molecular complexity index is 951. The fourth-order valence-electron chi connectivity index (χ4n) is 1.99. The molecule has 0 bridgehead atoms. The second-order valence-corrected chi connectivity index (χ2v) is 4.97. The zero-order valence-corrected chi connectivity index (χ0v) is 12.6. The van der Waals surface area contributed by atoms with E-state index in [2.05, 4.69) is 15.5 Å². The minimum atomic E-state index is -0.383. The third kappa shape index (κ3) is 3.12. The Balaban J connectivity index is 1.87. The fraction of sp³-hybridized carbons (Fsp3) is 0. The van der Waals surface area contributed by atoms with Gasteiger partial charge in [0, 0.05) is 11.8 Å². The van der Waals surface area contributed by atoms with Crippen LogP contribution in [0.25, 0.3) is 5.65 Å². The number of aromatic nitrogens is 2. The van der Waals surface area contributed by atoms with Crippen molar-refractivity contribution in [2.75, 3.05) is 0 Å². The number of hydrazone groups is 1. The van der Waals surface area contributed by atoms with Gasteiger partial charge in [-0.2, -0.15) is 5.10 Å². The van der Waals surface area contributed by atoms with Crippen molar-refractivity contribution in [1.29, 1.82) is 0 Å². The van der Waals surface area contributed by atoms with Crippen molar-refractivity contribution >= 4 is 29.4 Å². The van der Waals surface area contributed by atoms with E-state index in [-0.39, 0.29) is 22.2 Å². The number of nitrogens with zero attached hydrogens (tertiary/aromatic N) is 3. The number of carbonyl (C=O) groups is 1. The van der Waals surface area contributed by atoms with Crippen LogP contribution in [0.4, 0.5) is 0 Å². The van der Waals surface area contributed by atoms with Crippen molar-refractivity contribution in [3.8, 4) is 0 Å². The summed E-state index contributed by atoms with van der Waals surface area (Å²) >= 11 is 6.01. The number of hydrogen-bond acceptors (Lipinski definition) is 4.